The van der Waals surface area contributed by atoms with Gasteiger partial charge < -0.3 is 15.2 Å². The number of carbonyl (C=O) groups excluding carboxylic acids is 2. The number of imidazole rings is 1. The first-order chi connectivity index (χ1) is 15.2. The highest BCUT2D eigenvalue weighted by Crippen LogP contribution is 2.29. The maximum Gasteiger partial charge on any atom is 0.274 e. The maximum absolute atomic E-state index is 13.7. The quantitative estimate of drug-likeness (QED) is 0.693. The number of H-pyrrole nitrogens is 1. The Morgan fingerprint density at radius 2 is 1.88 bits per heavy atom. The molecule has 1 aromatic heterocycles. The molecule has 2 aromatic rings. The van der Waals surface area contributed by atoms with Crippen molar-refractivity contribution < 1.29 is 9.59 Å². The standard InChI is InChI=1S/C25H37N5O2/c1-18-11-13-29(14-12-18)20(19-9-7-6-8-10-19)15-30(16-21(31)26-5)24(32)22-23(25(2,3)4)28-17-27-22/h6-10,17-18,20H,11-16H2,1-5H3,(H,26,31)(H,27,28). The lowest BCUT2D eigenvalue weighted by atomic mass is 9.90. The Hall–Kier alpha value is -2.67. The van der Waals surface area contributed by atoms with Crippen molar-refractivity contribution in [2.24, 2.45) is 5.92 Å². The summed E-state index contributed by atoms with van der Waals surface area (Å²) >= 11 is 0. The monoisotopic (exact) mass is 439 g/mol. The molecule has 3 rings (SSSR count). The SMILES string of the molecule is CNC(=O)CN(CC(c1ccccc1)N1CCC(C)CC1)C(=O)c1nc[nH]c1C(C)(C)C. The van der Waals surface area contributed by atoms with Gasteiger partial charge in [0.15, 0.2) is 0 Å². The molecule has 1 aromatic carbocycles. The summed E-state index contributed by atoms with van der Waals surface area (Å²) in [6.07, 6.45) is 3.84. The van der Waals surface area contributed by atoms with Gasteiger partial charge in [-0.05, 0) is 37.4 Å². The van der Waals surface area contributed by atoms with E-state index in [9.17, 15) is 9.59 Å². The molecular weight excluding hydrogens is 402 g/mol. The molecule has 0 saturated carbocycles. The van der Waals surface area contributed by atoms with Gasteiger partial charge in [-0.25, -0.2) is 4.98 Å². The first-order valence-corrected chi connectivity index (χ1v) is 11.5. The van der Waals surface area contributed by atoms with E-state index < -0.39 is 0 Å². The molecule has 0 radical (unpaired) electrons. The van der Waals surface area contributed by atoms with Crippen molar-refractivity contribution >= 4 is 11.8 Å². The van der Waals surface area contributed by atoms with Gasteiger partial charge in [-0.1, -0.05) is 58.0 Å². The van der Waals surface area contributed by atoms with E-state index in [1.54, 1.807) is 18.3 Å². The Bertz CT molecular complexity index is 895. The van der Waals surface area contributed by atoms with Crippen LogP contribution in [0, 0.1) is 5.92 Å². The third kappa shape index (κ3) is 5.76. The molecule has 1 aliphatic heterocycles. The number of rotatable bonds is 7. The molecule has 1 saturated heterocycles. The van der Waals surface area contributed by atoms with Gasteiger partial charge in [0.1, 0.15) is 5.69 Å². The van der Waals surface area contributed by atoms with Crippen LogP contribution in [0.25, 0.3) is 0 Å². The van der Waals surface area contributed by atoms with Crippen LogP contribution in [0.5, 0.6) is 0 Å². The highest BCUT2D eigenvalue weighted by molar-refractivity contribution is 5.96. The Morgan fingerprint density at radius 3 is 2.47 bits per heavy atom. The normalized spacial score (nSPS) is 16.5. The fourth-order valence-electron chi connectivity index (χ4n) is 4.31. The summed E-state index contributed by atoms with van der Waals surface area (Å²) in [4.78, 5) is 37.6. The Kier molecular flexibility index (Phi) is 7.72. The molecule has 174 valence electrons. The van der Waals surface area contributed by atoms with Crippen LogP contribution in [-0.4, -0.2) is 64.8 Å². The molecule has 7 heteroatoms. The van der Waals surface area contributed by atoms with Crippen molar-refractivity contribution in [3.8, 4) is 0 Å². The van der Waals surface area contributed by atoms with E-state index in [1.165, 1.54) is 0 Å². The van der Waals surface area contributed by atoms with E-state index in [0.717, 1.165) is 37.2 Å². The Balaban J connectivity index is 1.93. The fraction of sp³-hybridized carbons (Fsp3) is 0.560. The lowest BCUT2D eigenvalue weighted by Crippen LogP contribution is -2.47. The lowest BCUT2D eigenvalue weighted by Gasteiger charge is -2.39. The van der Waals surface area contributed by atoms with Gasteiger partial charge in [-0.2, -0.15) is 0 Å². The molecular formula is C25H37N5O2. The second kappa shape index (κ2) is 10.3. The van der Waals surface area contributed by atoms with E-state index in [0.29, 0.717) is 18.2 Å². The fourth-order valence-corrected chi connectivity index (χ4v) is 4.31. The lowest BCUT2D eigenvalue weighted by molar-refractivity contribution is -0.121. The average Bonchev–Trinajstić information content (AvgIpc) is 3.28. The van der Waals surface area contributed by atoms with Crippen LogP contribution in [0.2, 0.25) is 0 Å². The van der Waals surface area contributed by atoms with Crippen molar-refractivity contribution in [1.29, 1.82) is 0 Å². The highest BCUT2D eigenvalue weighted by Gasteiger charge is 2.32. The molecule has 2 amide bonds. The number of nitrogens with one attached hydrogen (secondary N) is 2. The minimum Gasteiger partial charge on any atom is -0.358 e. The number of likely N-dealkylation sites (N-methyl/N-ethyl adjacent to an activating group) is 1. The summed E-state index contributed by atoms with van der Waals surface area (Å²) in [7, 11) is 1.60. The molecule has 0 spiro atoms. The summed E-state index contributed by atoms with van der Waals surface area (Å²) in [6, 6.07) is 10.3. The molecule has 2 heterocycles. The summed E-state index contributed by atoms with van der Waals surface area (Å²) in [5.41, 5.74) is 2.07. The molecule has 0 bridgehead atoms. The number of aromatic amines is 1. The van der Waals surface area contributed by atoms with Crippen LogP contribution in [0.1, 0.15) is 68.3 Å². The zero-order valence-electron chi connectivity index (χ0n) is 20.0. The minimum atomic E-state index is -0.262. The number of benzene rings is 1. The molecule has 7 nitrogen and oxygen atoms in total. The number of piperidine rings is 1. The number of amides is 2. The van der Waals surface area contributed by atoms with E-state index in [1.807, 2.05) is 39.0 Å². The average molecular weight is 440 g/mol. The second-order valence-electron chi connectivity index (χ2n) is 9.88. The Morgan fingerprint density at radius 1 is 1.22 bits per heavy atom. The smallest absolute Gasteiger partial charge is 0.274 e. The number of carbonyl (C=O) groups is 2. The Labute approximate surface area is 191 Å². The van der Waals surface area contributed by atoms with Crippen molar-refractivity contribution in [3.63, 3.8) is 0 Å². The van der Waals surface area contributed by atoms with Crippen LogP contribution in [-0.2, 0) is 10.2 Å². The highest BCUT2D eigenvalue weighted by atomic mass is 16.2. The molecule has 1 fully saturated rings. The minimum absolute atomic E-state index is 0.000642. The summed E-state index contributed by atoms with van der Waals surface area (Å²) < 4.78 is 0. The summed E-state index contributed by atoms with van der Waals surface area (Å²) in [5, 5.41) is 2.66. The van der Waals surface area contributed by atoms with E-state index in [4.69, 9.17) is 0 Å². The molecule has 32 heavy (non-hydrogen) atoms. The summed E-state index contributed by atoms with van der Waals surface area (Å²) in [6.45, 7) is 10.8. The molecule has 2 N–H and O–H groups in total. The van der Waals surface area contributed by atoms with Gasteiger partial charge in [0.2, 0.25) is 5.91 Å². The first-order valence-electron chi connectivity index (χ1n) is 11.5. The van der Waals surface area contributed by atoms with E-state index >= 15 is 0 Å². The molecule has 1 aliphatic rings. The van der Waals surface area contributed by atoms with Gasteiger partial charge in [-0.15, -0.1) is 0 Å². The maximum atomic E-state index is 13.7. The molecule has 0 aliphatic carbocycles. The van der Waals surface area contributed by atoms with Crippen LogP contribution in [0.4, 0.5) is 0 Å². The number of aromatic nitrogens is 2. The first kappa shape index (κ1) is 24.0. The van der Waals surface area contributed by atoms with Crippen LogP contribution >= 0.6 is 0 Å². The van der Waals surface area contributed by atoms with Crippen molar-refractivity contribution in [1.82, 2.24) is 25.1 Å². The number of likely N-dealkylation sites (tertiary alicyclic amines) is 1. The second-order valence-corrected chi connectivity index (χ2v) is 9.88. The number of nitrogens with zero attached hydrogens (tertiary/aromatic N) is 3. The summed E-state index contributed by atoms with van der Waals surface area (Å²) in [5.74, 6) is 0.307. The van der Waals surface area contributed by atoms with Crippen molar-refractivity contribution in [3.05, 3.63) is 53.6 Å². The van der Waals surface area contributed by atoms with Crippen molar-refractivity contribution in [2.75, 3.05) is 33.2 Å². The van der Waals surface area contributed by atoms with Crippen molar-refractivity contribution in [2.45, 2.75) is 52.0 Å². The van der Waals surface area contributed by atoms with E-state index in [2.05, 4.69) is 39.2 Å². The molecule has 1 unspecified atom stereocenters. The van der Waals surface area contributed by atoms with Gasteiger partial charge in [-0.3, -0.25) is 14.5 Å². The van der Waals surface area contributed by atoms with Crippen LogP contribution in [0.15, 0.2) is 36.7 Å². The van der Waals surface area contributed by atoms with Gasteiger partial charge in [0.25, 0.3) is 5.91 Å². The number of hydrogen-bond acceptors (Lipinski definition) is 4. The van der Waals surface area contributed by atoms with Gasteiger partial charge in [0.05, 0.1) is 24.6 Å². The number of hydrogen-bond donors (Lipinski definition) is 2. The third-order valence-electron chi connectivity index (χ3n) is 6.33. The van der Waals surface area contributed by atoms with Gasteiger partial charge >= 0.3 is 0 Å². The van der Waals surface area contributed by atoms with E-state index in [-0.39, 0.29) is 29.8 Å². The zero-order chi connectivity index (χ0) is 23.3. The topological polar surface area (TPSA) is 81.3 Å². The van der Waals surface area contributed by atoms with Gasteiger partial charge in [0, 0.05) is 19.0 Å². The predicted octanol–water partition coefficient (Wildman–Crippen LogP) is 3.37. The molecule has 1 atom stereocenters. The third-order valence-corrected chi connectivity index (χ3v) is 6.33. The van der Waals surface area contributed by atoms with Crippen LogP contribution < -0.4 is 5.32 Å². The largest absolute Gasteiger partial charge is 0.358 e. The zero-order valence-corrected chi connectivity index (χ0v) is 20.0. The predicted molar refractivity (Wildman–Crippen MR) is 126 cm³/mol. The van der Waals surface area contributed by atoms with Crippen LogP contribution in [0.3, 0.4) is 0 Å².